The van der Waals surface area contributed by atoms with E-state index >= 15 is 0 Å². The normalized spacial score (nSPS) is 11.6. The first-order valence-corrected chi connectivity index (χ1v) is 5.77. The van der Waals surface area contributed by atoms with Gasteiger partial charge in [-0.05, 0) is 12.0 Å². The molecule has 0 radical (unpaired) electrons. The quantitative estimate of drug-likeness (QED) is 0.831. The van der Waals surface area contributed by atoms with Gasteiger partial charge in [-0.3, -0.25) is 0 Å². The molecule has 0 aliphatic carbocycles. The van der Waals surface area contributed by atoms with Gasteiger partial charge in [0.05, 0.1) is 10.7 Å². The van der Waals surface area contributed by atoms with Crippen molar-refractivity contribution in [2.75, 3.05) is 5.73 Å². The molecular weight excluding hydrogens is 247 g/mol. The van der Waals surface area contributed by atoms with Gasteiger partial charge in [-0.25, -0.2) is 4.98 Å². The van der Waals surface area contributed by atoms with Gasteiger partial charge in [-0.2, -0.15) is 0 Å². The summed E-state index contributed by atoms with van der Waals surface area (Å²) in [6.45, 7) is 4.18. The Balaban J connectivity index is 2.60. The Morgan fingerprint density at radius 3 is 2.75 bits per heavy atom. The van der Waals surface area contributed by atoms with Crippen LogP contribution >= 0.6 is 23.2 Å². The average molecular weight is 259 g/mol. The minimum absolute atomic E-state index is 0.377. The molecule has 0 saturated carbocycles. The molecule has 5 heteroatoms. The summed E-state index contributed by atoms with van der Waals surface area (Å²) in [5.74, 6) is 1.10. The maximum Gasteiger partial charge on any atom is 0.195 e. The molecule has 2 N–H and O–H groups in total. The van der Waals surface area contributed by atoms with Crippen LogP contribution in [0, 0.1) is 5.92 Å². The van der Waals surface area contributed by atoms with E-state index in [9.17, 15) is 0 Å². The topological polar surface area (TPSA) is 52.0 Å². The van der Waals surface area contributed by atoms with Crippen LogP contribution in [0.15, 0.2) is 10.5 Å². The molecule has 1 aromatic carbocycles. The number of rotatable bonds is 2. The van der Waals surface area contributed by atoms with Crippen molar-refractivity contribution in [1.82, 2.24) is 4.98 Å². The molecular formula is C11H12Cl2N2O. The fraction of sp³-hybridized carbons (Fsp3) is 0.364. The summed E-state index contributed by atoms with van der Waals surface area (Å²) in [5, 5.41) is 0.845. The first-order chi connectivity index (χ1) is 7.49. The van der Waals surface area contributed by atoms with Gasteiger partial charge in [-0.15, -0.1) is 0 Å². The van der Waals surface area contributed by atoms with Crippen LogP contribution in [0.5, 0.6) is 0 Å². The molecule has 0 aliphatic rings. The van der Waals surface area contributed by atoms with Gasteiger partial charge < -0.3 is 10.2 Å². The maximum atomic E-state index is 6.03. The summed E-state index contributed by atoms with van der Waals surface area (Å²) in [6.07, 6.45) is 0.751. The summed E-state index contributed by atoms with van der Waals surface area (Å²) in [7, 11) is 0. The zero-order chi connectivity index (χ0) is 11.9. The van der Waals surface area contributed by atoms with Crippen molar-refractivity contribution in [2.45, 2.75) is 20.3 Å². The number of oxazole rings is 1. The van der Waals surface area contributed by atoms with Crippen LogP contribution < -0.4 is 5.73 Å². The van der Waals surface area contributed by atoms with Gasteiger partial charge in [0.2, 0.25) is 0 Å². The predicted octanol–water partition coefficient (Wildman–Crippen LogP) is 3.92. The lowest BCUT2D eigenvalue weighted by Gasteiger charge is -1.98. The number of benzene rings is 1. The molecule has 0 saturated heterocycles. The molecule has 0 unspecified atom stereocenters. The highest BCUT2D eigenvalue weighted by Gasteiger charge is 2.15. The highest BCUT2D eigenvalue weighted by atomic mass is 35.5. The summed E-state index contributed by atoms with van der Waals surface area (Å²) < 4.78 is 5.56. The number of halogens is 2. The third kappa shape index (κ3) is 1.97. The molecule has 0 fully saturated rings. The Kier molecular flexibility index (Phi) is 3.00. The number of nitrogen functional groups attached to an aromatic ring is 1. The minimum Gasteiger partial charge on any atom is -0.439 e. The predicted molar refractivity (Wildman–Crippen MR) is 67.0 cm³/mol. The molecule has 0 atom stereocenters. The maximum absolute atomic E-state index is 6.03. The third-order valence-corrected chi connectivity index (χ3v) is 2.89. The lowest BCUT2D eigenvalue weighted by atomic mass is 10.1. The van der Waals surface area contributed by atoms with Gasteiger partial charge in [-0.1, -0.05) is 37.0 Å². The molecule has 0 spiro atoms. The Morgan fingerprint density at radius 1 is 1.44 bits per heavy atom. The second-order valence-corrected chi connectivity index (χ2v) is 4.93. The van der Waals surface area contributed by atoms with E-state index in [2.05, 4.69) is 18.8 Å². The van der Waals surface area contributed by atoms with Gasteiger partial charge in [0.25, 0.3) is 0 Å². The SMILES string of the molecule is CC(C)Cc1nc2c(Cl)cc(N)c(Cl)c2o1. The van der Waals surface area contributed by atoms with Crippen LogP contribution in [-0.2, 0) is 6.42 Å². The summed E-state index contributed by atoms with van der Waals surface area (Å²) in [5.41, 5.74) is 7.16. The van der Waals surface area contributed by atoms with Crippen LogP contribution in [0.4, 0.5) is 5.69 Å². The second-order valence-electron chi connectivity index (χ2n) is 4.14. The zero-order valence-electron chi connectivity index (χ0n) is 9.05. The summed E-state index contributed by atoms with van der Waals surface area (Å²) >= 11 is 12.1. The van der Waals surface area contributed by atoms with Crippen molar-refractivity contribution in [3.05, 3.63) is 22.0 Å². The van der Waals surface area contributed by atoms with E-state index in [4.69, 9.17) is 33.4 Å². The van der Waals surface area contributed by atoms with E-state index in [1.54, 1.807) is 6.07 Å². The van der Waals surface area contributed by atoms with Crippen molar-refractivity contribution < 1.29 is 4.42 Å². The number of fused-ring (bicyclic) bond motifs is 1. The van der Waals surface area contributed by atoms with Crippen LogP contribution in [0.2, 0.25) is 10.0 Å². The summed E-state index contributed by atoms with van der Waals surface area (Å²) in [4.78, 5) is 4.32. The Labute approximate surface area is 104 Å². The molecule has 1 aromatic heterocycles. The molecule has 86 valence electrons. The molecule has 16 heavy (non-hydrogen) atoms. The van der Waals surface area contributed by atoms with Gasteiger partial charge in [0.1, 0.15) is 10.5 Å². The summed E-state index contributed by atoms with van der Waals surface area (Å²) in [6, 6.07) is 1.59. The number of aromatic nitrogens is 1. The first-order valence-electron chi connectivity index (χ1n) is 5.02. The minimum atomic E-state index is 0.377. The lowest BCUT2D eigenvalue weighted by molar-refractivity contribution is 0.482. The average Bonchev–Trinajstić information content (AvgIpc) is 2.58. The van der Waals surface area contributed by atoms with Gasteiger partial charge >= 0.3 is 0 Å². The number of hydrogen-bond donors (Lipinski definition) is 1. The molecule has 2 aromatic rings. The van der Waals surface area contributed by atoms with E-state index in [0.717, 1.165) is 6.42 Å². The largest absolute Gasteiger partial charge is 0.439 e. The van der Waals surface area contributed by atoms with Crippen molar-refractivity contribution >= 4 is 40.0 Å². The smallest absolute Gasteiger partial charge is 0.195 e. The van der Waals surface area contributed by atoms with Crippen molar-refractivity contribution in [2.24, 2.45) is 5.92 Å². The molecule has 0 amide bonds. The fourth-order valence-electron chi connectivity index (χ4n) is 1.51. The van der Waals surface area contributed by atoms with E-state index in [1.807, 2.05) is 0 Å². The zero-order valence-corrected chi connectivity index (χ0v) is 10.6. The van der Waals surface area contributed by atoms with E-state index in [1.165, 1.54) is 0 Å². The fourth-order valence-corrected chi connectivity index (χ4v) is 1.94. The number of nitrogens with zero attached hydrogens (tertiary/aromatic N) is 1. The molecule has 0 bridgehead atoms. The van der Waals surface area contributed by atoms with E-state index in [-0.39, 0.29) is 0 Å². The lowest BCUT2D eigenvalue weighted by Crippen LogP contribution is -1.93. The van der Waals surface area contributed by atoms with Gasteiger partial charge in [0.15, 0.2) is 11.5 Å². The van der Waals surface area contributed by atoms with Crippen LogP contribution in [-0.4, -0.2) is 4.98 Å². The number of hydrogen-bond acceptors (Lipinski definition) is 3. The van der Waals surface area contributed by atoms with Crippen molar-refractivity contribution in [3.63, 3.8) is 0 Å². The first kappa shape index (κ1) is 11.6. The Morgan fingerprint density at radius 2 is 2.12 bits per heavy atom. The second kappa shape index (κ2) is 4.15. The third-order valence-electron chi connectivity index (χ3n) is 2.22. The monoisotopic (exact) mass is 258 g/mol. The van der Waals surface area contributed by atoms with Gasteiger partial charge in [0, 0.05) is 6.42 Å². The molecule has 3 nitrogen and oxygen atoms in total. The highest BCUT2D eigenvalue weighted by Crippen LogP contribution is 2.35. The van der Waals surface area contributed by atoms with Crippen molar-refractivity contribution in [1.29, 1.82) is 0 Å². The van der Waals surface area contributed by atoms with Crippen LogP contribution in [0.3, 0.4) is 0 Å². The molecule has 2 rings (SSSR count). The molecule has 0 aliphatic heterocycles. The van der Waals surface area contributed by atoms with E-state index < -0.39 is 0 Å². The highest BCUT2D eigenvalue weighted by molar-refractivity contribution is 6.41. The number of anilines is 1. The van der Waals surface area contributed by atoms with Crippen LogP contribution in [0.25, 0.3) is 11.1 Å². The van der Waals surface area contributed by atoms with Crippen LogP contribution in [0.1, 0.15) is 19.7 Å². The molecule has 1 heterocycles. The van der Waals surface area contributed by atoms with E-state index in [0.29, 0.717) is 38.6 Å². The number of nitrogens with two attached hydrogens (primary N) is 1. The standard InChI is InChI=1S/C11H12Cl2N2O/c1-5(2)3-8-15-10-6(12)4-7(14)9(13)11(10)16-8/h4-5H,3,14H2,1-2H3. The Bertz CT molecular complexity index is 534. The van der Waals surface area contributed by atoms with Crippen molar-refractivity contribution in [3.8, 4) is 0 Å². The Hall–Kier alpha value is -0.930.